The van der Waals surface area contributed by atoms with Gasteiger partial charge in [0.25, 0.3) is 0 Å². The van der Waals surface area contributed by atoms with E-state index >= 15 is 0 Å². The molecule has 0 saturated carbocycles. The molecule has 1 aliphatic rings. The van der Waals surface area contributed by atoms with E-state index in [0.29, 0.717) is 44.4 Å². The third-order valence-corrected chi connectivity index (χ3v) is 6.21. The number of ether oxygens (including phenoxy) is 1. The Balaban J connectivity index is 1.74. The second-order valence-corrected chi connectivity index (χ2v) is 9.19. The van der Waals surface area contributed by atoms with E-state index in [-0.39, 0.29) is 12.1 Å². The Morgan fingerprint density at radius 3 is 2.41 bits per heavy atom. The van der Waals surface area contributed by atoms with Crippen molar-refractivity contribution in [3.63, 3.8) is 0 Å². The van der Waals surface area contributed by atoms with E-state index in [1.807, 2.05) is 25.1 Å². The molecule has 1 saturated heterocycles. The van der Waals surface area contributed by atoms with Gasteiger partial charge in [-0.25, -0.2) is 12.7 Å². The number of benzene rings is 1. The number of nitrogens with one attached hydrogen (secondary N) is 2. The van der Waals surface area contributed by atoms with Gasteiger partial charge in [-0.15, -0.1) is 0 Å². The molecule has 1 aliphatic heterocycles. The Kier molecular flexibility index (Phi) is 6.53. The quantitative estimate of drug-likeness (QED) is 0.703. The topological polar surface area (TPSA) is 109 Å². The normalized spacial score (nSPS) is 15.9. The standard InChI is InChI=1S/C19H28N6O3S/c1-5-28-19-23-17(20-15-8-10-25(11-9-15)29(4,26)27)22-18(24-19)21-16-7-6-13(2)14(3)12-16/h6-7,12,15H,5,8-11H2,1-4H3,(H2,20,21,22,23,24). The molecule has 0 atom stereocenters. The smallest absolute Gasteiger partial charge is 0.323 e. The molecule has 2 N–H and O–H groups in total. The van der Waals surface area contributed by atoms with E-state index in [1.54, 1.807) is 0 Å². The first-order valence-corrected chi connectivity index (χ1v) is 11.5. The van der Waals surface area contributed by atoms with E-state index in [4.69, 9.17) is 4.74 Å². The Hall–Kier alpha value is -2.46. The van der Waals surface area contributed by atoms with Gasteiger partial charge in [0.15, 0.2) is 0 Å². The number of aryl methyl sites for hydroxylation is 2. The molecule has 0 spiro atoms. The third kappa shape index (κ3) is 5.77. The number of nitrogens with zero attached hydrogens (tertiary/aromatic N) is 4. The molecule has 29 heavy (non-hydrogen) atoms. The van der Waals surface area contributed by atoms with Crippen molar-refractivity contribution in [2.75, 3.05) is 36.6 Å². The molecule has 3 rings (SSSR count). The Labute approximate surface area is 172 Å². The summed E-state index contributed by atoms with van der Waals surface area (Å²) in [6, 6.07) is 6.37. The average Bonchev–Trinajstić information content (AvgIpc) is 2.65. The van der Waals surface area contributed by atoms with Gasteiger partial charge in [0.1, 0.15) is 0 Å². The Bertz CT molecular complexity index is 958. The summed E-state index contributed by atoms with van der Waals surface area (Å²) in [6.45, 7) is 7.39. The summed E-state index contributed by atoms with van der Waals surface area (Å²) in [5.74, 6) is 0.801. The van der Waals surface area contributed by atoms with Crippen LogP contribution in [0.5, 0.6) is 6.01 Å². The van der Waals surface area contributed by atoms with Crippen LogP contribution in [0, 0.1) is 13.8 Å². The molecular formula is C19H28N6O3S. The van der Waals surface area contributed by atoms with Crippen molar-refractivity contribution < 1.29 is 13.2 Å². The lowest BCUT2D eigenvalue weighted by Gasteiger charge is -2.30. The van der Waals surface area contributed by atoms with Gasteiger partial charge in [-0.2, -0.15) is 15.0 Å². The zero-order valence-electron chi connectivity index (χ0n) is 17.3. The maximum absolute atomic E-state index is 11.7. The first-order chi connectivity index (χ1) is 13.7. The van der Waals surface area contributed by atoms with E-state index in [2.05, 4.69) is 39.4 Å². The maximum atomic E-state index is 11.7. The highest BCUT2D eigenvalue weighted by molar-refractivity contribution is 7.88. The number of rotatable bonds is 7. The molecule has 0 bridgehead atoms. The lowest BCUT2D eigenvalue weighted by Crippen LogP contribution is -2.42. The second-order valence-electron chi connectivity index (χ2n) is 7.20. The average molecular weight is 421 g/mol. The molecular weight excluding hydrogens is 392 g/mol. The lowest BCUT2D eigenvalue weighted by molar-refractivity contribution is 0.311. The van der Waals surface area contributed by atoms with Crippen LogP contribution in [0.1, 0.15) is 30.9 Å². The SMILES string of the molecule is CCOc1nc(Nc2ccc(C)c(C)c2)nc(NC2CCN(S(C)(=O)=O)CC2)n1. The highest BCUT2D eigenvalue weighted by Gasteiger charge is 2.25. The van der Waals surface area contributed by atoms with Crippen LogP contribution in [0.2, 0.25) is 0 Å². The Morgan fingerprint density at radius 2 is 1.79 bits per heavy atom. The molecule has 2 heterocycles. The Morgan fingerprint density at radius 1 is 1.10 bits per heavy atom. The van der Waals surface area contributed by atoms with Crippen LogP contribution in [0.25, 0.3) is 0 Å². The van der Waals surface area contributed by atoms with Gasteiger partial charge in [-0.05, 0) is 56.9 Å². The minimum atomic E-state index is -3.15. The number of sulfonamides is 1. The predicted molar refractivity (Wildman–Crippen MR) is 113 cm³/mol. The van der Waals surface area contributed by atoms with Gasteiger partial charge in [-0.1, -0.05) is 6.07 Å². The van der Waals surface area contributed by atoms with Crippen LogP contribution in [-0.4, -0.2) is 59.7 Å². The predicted octanol–water partition coefficient (Wildman–Crippen LogP) is 2.47. The summed E-state index contributed by atoms with van der Waals surface area (Å²) in [5, 5.41) is 6.50. The summed E-state index contributed by atoms with van der Waals surface area (Å²) in [5.41, 5.74) is 3.27. The summed E-state index contributed by atoms with van der Waals surface area (Å²) in [4.78, 5) is 13.1. The molecule has 2 aromatic rings. The molecule has 0 amide bonds. The minimum absolute atomic E-state index is 0.0827. The van der Waals surface area contributed by atoms with Crippen molar-refractivity contribution in [3.05, 3.63) is 29.3 Å². The van der Waals surface area contributed by atoms with E-state index in [9.17, 15) is 8.42 Å². The minimum Gasteiger partial charge on any atom is -0.464 e. The van der Waals surface area contributed by atoms with Crippen molar-refractivity contribution >= 4 is 27.6 Å². The maximum Gasteiger partial charge on any atom is 0.323 e. The van der Waals surface area contributed by atoms with Crippen LogP contribution in [0.15, 0.2) is 18.2 Å². The molecule has 0 unspecified atom stereocenters. The van der Waals surface area contributed by atoms with Crippen molar-refractivity contribution in [1.29, 1.82) is 0 Å². The summed E-state index contributed by atoms with van der Waals surface area (Å²) in [7, 11) is -3.15. The van der Waals surface area contributed by atoms with Crippen LogP contribution in [0.4, 0.5) is 17.6 Å². The highest BCUT2D eigenvalue weighted by atomic mass is 32.2. The van der Waals surface area contributed by atoms with E-state index in [1.165, 1.54) is 21.7 Å². The van der Waals surface area contributed by atoms with Gasteiger partial charge in [0.2, 0.25) is 21.9 Å². The number of hydrogen-bond donors (Lipinski definition) is 2. The molecule has 1 aromatic heterocycles. The first kappa shape index (κ1) is 21.3. The van der Waals surface area contributed by atoms with Crippen molar-refractivity contribution in [2.45, 2.75) is 39.7 Å². The van der Waals surface area contributed by atoms with E-state index < -0.39 is 10.0 Å². The first-order valence-electron chi connectivity index (χ1n) is 9.69. The fourth-order valence-corrected chi connectivity index (χ4v) is 4.01. The second kappa shape index (κ2) is 8.91. The monoisotopic (exact) mass is 420 g/mol. The number of aromatic nitrogens is 3. The molecule has 10 heteroatoms. The van der Waals surface area contributed by atoms with Gasteiger partial charge < -0.3 is 15.4 Å². The van der Waals surface area contributed by atoms with Crippen LogP contribution in [-0.2, 0) is 10.0 Å². The summed E-state index contributed by atoms with van der Waals surface area (Å²) in [6.07, 6.45) is 2.61. The molecule has 1 fully saturated rings. The number of hydrogen-bond acceptors (Lipinski definition) is 8. The van der Waals surface area contributed by atoms with Crippen molar-refractivity contribution in [2.24, 2.45) is 0 Å². The number of anilines is 3. The largest absolute Gasteiger partial charge is 0.464 e. The number of piperidine rings is 1. The molecule has 1 aromatic carbocycles. The zero-order valence-corrected chi connectivity index (χ0v) is 18.1. The fraction of sp³-hybridized carbons (Fsp3) is 0.526. The molecule has 158 valence electrons. The summed E-state index contributed by atoms with van der Waals surface area (Å²) >= 11 is 0. The van der Waals surface area contributed by atoms with Gasteiger partial charge in [-0.3, -0.25) is 0 Å². The van der Waals surface area contributed by atoms with Gasteiger partial charge in [0, 0.05) is 24.8 Å². The van der Waals surface area contributed by atoms with Crippen molar-refractivity contribution in [3.8, 4) is 6.01 Å². The lowest BCUT2D eigenvalue weighted by atomic mass is 10.1. The van der Waals surface area contributed by atoms with Crippen LogP contribution < -0.4 is 15.4 Å². The highest BCUT2D eigenvalue weighted by Crippen LogP contribution is 2.21. The zero-order chi connectivity index (χ0) is 21.0. The van der Waals surface area contributed by atoms with Crippen LogP contribution in [0.3, 0.4) is 0 Å². The molecule has 0 radical (unpaired) electrons. The molecule has 0 aliphatic carbocycles. The van der Waals surface area contributed by atoms with Crippen molar-refractivity contribution in [1.82, 2.24) is 19.3 Å². The van der Waals surface area contributed by atoms with E-state index in [0.717, 1.165) is 5.69 Å². The fourth-order valence-electron chi connectivity index (χ4n) is 3.13. The summed E-state index contributed by atoms with van der Waals surface area (Å²) < 4.78 is 30.3. The van der Waals surface area contributed by atoms with Gasteiger partial charge >= 0.3 is 6.01 Å². The third-order valence-electron chi connectivity index (χ3n) is 4.91. The van der Waals surface area contributed by atoms with Gasteiger partial charge in [0.05, 0.1) is 12.9 Å². The van der Waals surface area contributed by atoms with Crippen LogP contribution >= 0.6 is 0 Å². The molecule has 9 nitrogen and oxygen atoms in total.